The molecule has 56 valence electrons. The van der Waals surface area contributed by atoms with Crippen molar-refractivity contribution in [3.8, 4) is 0 Å². The minimum Gasteiger partial charge on any atom is -0.397 e. The molecule has 0 heterocycles. The summed E-state index contributed by atoms with van der Waals surface area (Å²) < 4.78 is 10.4. The SMILES string of the molecule is CO[Si](C)(OC)C(C)S. The molecule has 0 saturated carbocycles. The van der Waals surface area contributed by atoms with Gasteiger partial charge < -0.3 is 8.85 Å². The molecule has 0 aromatic heterocycles. The van der Waals surface area contributed by atoms with Gasteiger partial charge in [-0.15, -0.1) is 0 Å². The lowest BCUT2D eigenvalue weighted by Crippen LogP contribution is -2.44. The van der Waals surface area contributed by atoms with Crippen LogP contribution in [0.3, 0.4) is 0 Å². The van der Waals surface area contributed by atoms with E-state index in [-0.39, 0.29) is 4.87 Å². The van der Waals surface area contributed by atoms with Crippen LogP contribution in [0.5, 0.6) is 0 Å². The van der Waals surface area contributed by atoms with Crippen LogP contribution in [-0.2, 0) is 8.85 Å². The Bertz CT molecular complexity index is 83.0. The number of hydrogen-bond acceptors (Lipinski definition) is 3. The summed E-state index contributed by atoms with van der Waals surface area (Å²) in [4.78, 5) is 0.215. The van der Waals surface area contributed by atoms with Gasteiger partial charge in [0.1, 0.15) is 0 Å². The highest BCUT2D eigenvalue weighted by Crippen LogP contribution is 2.14. The highest BCUT2D eigenvalue weighted by atomic mass is 32.1. The number of thiol groups is 1. The van der Waals surface area contributed by atoms with Crippen LogP contribution in [0.1, 0.15) is 6.92 Å². The number of rotatable bonds is 3. The Kier molecular flexibility index (Phi) is 3.80. The lowest BCUT2D eigenvalue weighted by molar-refractivity contribution is 0.249. The van der Waals surface area contributed by atoms with Crippen LogP contribution in [0.4, 0.5) is 0 Å². The molecule has 0 radical (unpaired) electrons. The Morgan fingerprint density at radius 2 is 1.67 bits per heavy atom. The predicted molar refractivity (Wildman–Crippen MR) is 44.1 cm³/mol. The third kappa shape index (κ3) is 2.29. The first kappa shape index (κ1) is 9.49. The molecule has 0 rings (SSSR count). The Morgan fingerprint density at radius 1 is 1.33 bits per heavy atom. The summed E-state index contributed by atoms with van der Waals surface area (Å²) in [6.45, 7) is 3.98. The Morgan fingerprint density at radius 3 is 1.67 bits per heavy atom. The average molecular weight is 166 g/mol. The maximum absolute atomic E-state index is 5.19. The molecule has 0 bridgehead atoms. The van der Waals surface area contributed by atoms with Crippen LogP contribution in [-0.4, -0.2) is 27.7 Å². The highest BCUT2D eigenvalue weighted by molar-refractivity contribution is 7.83. The van der Waals surface area contributed by atoms with Gasteiger partial charge in [0.25, 0.3) is 0 Å². The van der Waals surface area contributed by atoms with E-state index in [0.29, 0.717) is 0 Å². The quantitative estimate of drug-likeness (QED) is 0.502. The van der Waals surface area contributed by atoms with Crippen molar-refractivity contribution in [2.24, 2.45) is 0 Å². The van der Waals surface area contributed by atoms with Crippen LogP contribution < -0.4 is 0 Å². The van der Waals surface area contributed by atoms with Crippen LogP contribution in [0, 0.1) is 0 Å². The Hall–Kier alpha value is 0.487. The molecular weight excluding hydrogens is 152 g/mol. The zero-order chi connectivity index (χ0) is 7.49. The Labute approximate surface area is 63.2 Å². The minimum absolute atomic E-state index is 0.215. The third-order valence-corrected chi connectivity index (χ3v) is 6.12. The van der Waals surface area contributed by atoms with E-state index in [4.69, 9.17) is 8.85 Å². The molecule has 0 saturated heterocycles. The van der Waals surface area contributed by atoms with Crippen LogP contribution >= 0.6 is 12.6 Å². The average Bonchev–Trinajstić information content (AvgIpc) is 1.86. The van der Waals surface area contributed by atoms with Crippen molar-refractivity contribution in [1.29, 1.82) is 0 Å². The van der Waals surface area contributed by atoms with E-state index >= 15 is 0 Å². The maximum atomic E-state index is 5.19. The second-order valence-corrected chi connectivity index (χ2v) is 7.08. The van der Waals surface area contributed by atoms with Gasteiger partial charge in [0, 0.05) is 19.1 Å². The van der Waals surface area contributed by atoms with Gasteiger partial charge in [-0.2, -0.15) is 12.6 Å². The van der Waals surface area contributed by atoms with Gasteiger partial charge in [-0.1, -0.05) is 6.92 Å². The summed E-state index contributed by atoms with van der Waals surface area (Å²) in [7, 11) is 1.43. The first-order valence-electron chi connectivity index (χ1n) is 2.85. The molecule has 0 aliphatic heterocycles. The molecule has 2 nitrogen and oxygen atoms in total. The zero-order valence-electron chi connectivity index (χ0n) is 6.34. The van der Waals surface area contributed by atoms with Crippen molar-refractivity contribution in [2.45, 2.75) is 18.3 Å². The largest absolute Gasteiger partial charge is 0.397 e. The highest BCUT2D eigenvalue weighted by Gasteiger charge is 2.33. The molecule has 0 aromatic carbocycles. The summed E-state index contributed by atoms with van der Waals surface area (Å²) in [6, 6.07) is 0. The third-order valence-electron chi connectivity index (χ3n) is 1.57. The first-order valence-corrected chi connectivity index (χ1v) is 5.76. The molecule has 0 aliphatic rings. The monoisotopic (exact) mass is 166 g/mol. The van der Waals surface area contributed by atoms with Crippen molar-refractivity contribution >= 4 is 21.2 Å². The Balaban J connectivity index is 3.92. The van der Waals surface area contributed by atoms with E-state index in [1.165, 1.54) is 0 Å². The molecule has 0 aromatic rings. The van der Waals surface area contributed by atoms with Gasteiger partial charge >= 0.3 is 8.56 Å². The standard InChI is InChI=1S/C5H14O2SSi/c1-5(8)9(4,6-2)7-3/h5,8H,1-4H3. The summed E-state index contributed by atoms with van der Waals surface area (Å²) in [5.41, 5.74) is 0. The fourth-order valence-corrected chi connectivity index (χ4v) is 1.91. The van der Waals surface area contributed by atoms with Crippen molar-refractivity contribution in [1.82, 2.24) is 0 Å². The van der Waals surface area contributed by atoms with Gasteiger partial charge in [-0.25, -0.2) is 0 Å². The van der Waals surface area contributed by atoms with E-state index < -0.39 is 8.56 Å². The molecule has 0 aliphatic carbocycles. The molecule has 4 heteroatoms. The number of hydrogen-bond donors (Lipinski definition) is 1. The maximum Gasteiger partial charge on any atom is 0.347 e. The van der Waals surface area contributed by atoms with Crippen LogP contribution in [0.2, 0.25) is 6.55 Å². The van der Waals surface area contributed by atoms with E-state index in [1.54, 1.807) is 14.2 Å². The molecular formula is C5H14O2SSi. The predicted octanol–water partition coefficient (Wildman–Crippen LogP) is 1.21. The summed E-state index contributed by atoms with van der Waals surface area (Å²) in [6.07, 6.45) is 0. The molecule has 0 N–H and O–H groups in total. The fraction of sp³-hybridized carbons (Fsp3) is 1.00. The summed E-state index contributed by atoms with van der Waals surface area (Å²) >= 11 is 4.25. The molecule has 1 atom stereocenters. The lowest BCUT2D eigenvalue weighted by Gasteiger charge is -2.25. The fourth-order valence-electron chi connectivity index (χ4n) is 0.424. The van der Waals surface area contributed by atoms with Crippen molar-refractivity contribution in [3.63, 3.8) is 0 Å². The van der Waals surface area contributed by atoms with Crippen LogP contribution in [0.25, 0.3) is 0 Å². The van der Waals surface area contributed by atoms with Crippen molar-refractivity contribution in [2.75, 3.05) is 14.2 Å². The van der Waals surface area contributed by atoms with Gasteiger partial charge in [0.2, 0.25) is 0 Å². The van der Waals surface area contributed by atoms with Gasteiger partial charge in [0.05, 0.1) is 0 Å². The van der Waals surface area contributed by atoms with Crippen molar-refractivity contribution in [3.05, 3.63) is 0 Å². The smallest absolute Gasteiger partial charge is 0.347 e. The van der Waals surface area contributed by atoms with Crippen molar-refractivity contribution < 1.29 is 8.85 Å². The lowest BCUT2D eigenvalue weighted by atomic mass is 11.0. The second kappa shape index (κ2) is 3.61. The van der Waals surface area contributed by atoms with E-state index in [2.05, 4.69) is 12.6 Å². The zero-order valence-corrected chi connectivity index (χ0v) is 8.24. The summed E-state index contributed by atoms with van der Waals surface area (Å²) in [5, 5.41) is 0. The molecule has 0 amide bonds. The molecule has 9 heavy (non-hydrogen) atoms. The van der Waals surface area contributed by atoms with E-state index in [9.17, 15) is 0 Å². The molecule has 1 unspecified atom stereocenters. The normalized spacial score (nSPS) is 15.7. The van der Waals surface area contributed by atoms with E-state index in [1.807, 2.05) is 13.5 Å². The molecule has 0 spiro atoms. The molecule has 0 fully saturated rings. The van der Waals surface area contributed by atoms with Gasteiger partial charge in [0.15, 0.2) is 0 Å². The topological polar surface area (TPSA) is 18.5 Å². The van der Waals surface area contributed by atoms with E-state index in [0.717, 1.165) is 0 Å². The minimum atomic E-state index is -1.91. The van der Waals surface area contributed by atoms with Crippen LogP contribution in [0.15, 0.2) is 0 Å². The first-order chi connectivity index (χ1) is 4.06. The second-order valence-electron chi connectivity index (χ2n) is 2.10. The van der Waals surface area contributed by atoms with Gasteiger partial charge in [-0.05, 0) is 6.55 Å². The summed E-state index contributed by atoms with van der Waals surface area (Å²) in [5.74, 6) is 0. The van der Waals surface area contributed by atoms with Gasteiger partial charge in [-0.3, -0.25) is 0 Å².